The molecule has 1 aromatic rings. The van der Waals surface area contributed by atoms with Gasteiger partial charge in [0.2, 0.25) is 5.91 Å². The highest BCUT2D eigenvalue weighted by molar-refractivity contribution is 5.82. The number of rotatable bonds is 5. The van der Waals surface area contributed by atoms with Gasteiger partial charge in [0.05, 0.1) is 11.5 Å². The van der Waals surface area contributed by atoms with Crippen molar-refractivity contribution in [3.8, 4) is 0 Å². The van der Waals surface area contributed by atoms with Crippen LogP contribution >= 0.6 is 0 Å². The van der Waals surface area contributed by atoms with Gasteiger partial charge in [0.25, 0.3) is 0 Å². The largest absolute Gasteiger partial charge is 0.338 e. The highest BCUT2D eigenvalue weighted by Gasteiger charge is 2.34. The van der Waals surface area contributed by atoms with Crippen LogP contribution in [-0.4, -0.2) is 24.4 Å². The van der Waals surface area contributed by atoms with Gasteiger partial charge in [0.15, 0.2) is 0 Å². The van der Waals surface area contributed by atoms with E-state index in [9.17, 15) is 4.79 Å². The van der Waals surface area contributed by atoms with Crippen molar-refractivity contribution in [3.05, 3.63) is 35.9 Å². The first-order valence-electron chi connectivity index (χ1n) is 6.48. The normalized spacial score (nSPS) is 15.8. The highest BCUT2D eigenvalue weighted by atomic mass is 16.2. The van der Waals surface area contributed by atoms with E-state index < -0.39 is 5.41 Å². The van der Waals surface area contributed by atoms with Crippen LogP contribution in [0.1, 0.15) is 38.8 Å². The maximum Gasteiger partial charge on any atom is 0.230 e. The van der Waals surface area contributed by atoms with Crippen molar-refractivity contribution in [2.24, 2.45) is 11.1 Å². The molecule has 1 aromatic carbocycles. The molecule has 2 N–H and O–H groups in total. The minimum Gasteiger partial charge on any atom is -0.338 e. The number of nitrogens with two attached hydrogens (primary N) is 1. The lowest BCUT2D eigenvalue weighted by atomic mass is 9.85. The van der Waals surface area contributed by atoms with Crippen molar-refractivity contribution in [2.45, 2.75) is 33.2 Å². The van der Waals surface area contributed by atoms with Crippen LogP contribution in [0.4, 0.5) is 0 Å². The standard InChI is InChI=1S/C15H24N2O/c1-5-15(3,11-16)14(18)17(4)12(2)13-9-7-6-8-10-13/h6-10,12H,5,11,16H2,1-4H3. The predicted octanol–water partition coefficient (Wildman–Crippen LogP) is 2.58. The van der Waals surface area contributed by atoms with Crippen molar-refractivity contribution >= 4 is 5.91 Å². The van der Waals surface area contributed by atoms with E-state index >= 15 is 0 Å². The lowest BCUT2D eigenvalue weighted by Crippen LogP contribution is -2.45. The molecule has 0 spiro atoms. The number of carbonyl (C=O) groups is 1. The molecule has 1 amide bonds. The van der Waals surface area contributed by atoms with Gasteiger partial charge in [-0.15, -0.1) is 0 Å². The van der Waals surface area contributed by atoms with Crippen LogP contribution in [0.25, 0.3) is 0 Å². The van der Waals surface area contributed by atoms with Crippen LogP contribution in [0.3, 0.4) is 0 Å². The number of hydrogen-bond donors (Lipinski definition) is 1. The van der Waals surface area contributed by atoms with Gasteiger partial charge in [-0.25, -0.2) is 0 Å². The molecular formula is C15H24N2O. The molecule has 0 fully saturated rings. The molecule has 1 rings (SSSR count). The van der Waals surface area contributed by atoms with Gasteiger partial charge >= 0.3 is 0 Å². The summed E-state index contributed by atoms with van der Waals surface area (Å²) in [5, 5.41) is 0. The van der Waals surface area contributed by atoms with E-state index in [1.54, 1.807) is 4.90 Å². The molecule has 0 bridgehead atoms. The van der Waals surface area contributed by atoms with Crippen molar-refractivity contribution in [3.63, 3.8) is 0 Å². The fourth-order valence-corrected chi connectivity index (χ4v) is 1.94. The number of amides is 1. The summed E-state index contributed by atoms with van der Waals surface area (Å²) < 4.78 is 0. The van der Waals surface area contributed by atoms with Gasteiger partial charge in [-0.1, -0.05) is 37.3 Å². The lowest BCUT2D eigenvalue weighted by molar-refractivity contribution is -0.141. The first-order valence-corrected chi connectivity index (χ1v) is 6.48. The Hall–Kier alpha value is -1.35. The van der Waals surface area contributed by atoms with Crippen LogP contribution in [-0.2, 0) is 4.79 Å². The monoisotopic (exact) mass is 248 g/mol. The van der Waals surface area contributed by atoms with E-state index in [0.29, 0.717) is 6.54 Å². The number of carbonyl (C=O) groups excluding carboxylic acids is 1. The summed E-state index contributed by atoms with van der Waals surface area (Å²) in [6.07, 6.45) is 0.758. The number of benzene rings is 1. The molecule has 0 aromatic heterocycles. The zero-order valence-electron chi connectivity index (χ0n) is 11.8. The highest BCUT2D eigenvalue weighted by Crippen LogP contribution is 2.27. The second-order valence-corrected chi connectivity index (χ2v) is 5.12. The molecule has 2 atom stereocenters. The first-order chi connectivity index (χ1) is 8.46. The lowest BCUT2D eigenvalue weighted by Gasteiger charge is -2.34. The molecule has 0 aliphatic rings. The van der Waals surface area contributed by atoms with Gasteiger partial charge in [-0.2, -0.15) is 0 Å². The third-order valence-corrected chi connectivity index (χ3v) is 3.93. The van der Waals surface area contributed by atoms with E-state index in [-0.39, 0.29) is 11.9 Å². The molecule has 3 nitrogen and oxygen atoms in total. The Balaban J connectivity index is 2.88. The average molecular weight is 248 g/mol. The van der Waals surface area contributed by atoms with E-state index in [1.165, 1.54) is 0 Å². The maximum atomic E-state index is 12.5. The molecule has 0 radical (unpaired) electrons. The van der Waals surface area contributed by atoms with Crippen molar-refractivity contribution in [2.75, 3.05) is 13.6 Å². The van der Waals surface area contributed by atoms with Crippen LogP contribution < -0.4 is 5.73 Å². The molecule has 18 heavy (non-hydrogen) atoms. The van der Waals surface area contributed by atoms with Gasteiger partial charge in [0, 0.05) is 13.6 Å². The predicted molar refractivity (Wildman–Crippen MR) is 75.1 cm³/mol. The molecule has 2 unspecified atom stereocenters. The third kappa shape index (κ3) is 2.91. The zero-order valence-corrected chi connectivity index (χ0v) is 11.8. The molecule has 0 aliphatic carbocycles. The molecule has 0 saturated carbocycles. The fraction of sp³-hybridized carbons (Fsp3) is 0.533. The van der Waals surface area contributed by atoms with Crippen LogP contribution in [0.2, 0.25) is 0 Å². The van der Waals surface area contributed by atoms with Gasteiger partial charge < -0.3 is 10.6 Å². The molecule has 3 heteroatoms. The third-order valence-electron chi connectivity index (χ3n) is 3.93. The van der Waals surface area contributed by atoms with Crippen LogP contribution in [0.5, 0.6) is 0 Å². The Morgan fingerprint density at radius 1 is 1.39 bits per heavy atom. The van der Waals surface area contributed by atoms with E-state index in [0.717, 1.165) is 12.0 Å². The summed E-state index contributed by atoms with van der Waals surface area (Å²) in [5.41, 5.74) is 6.43. The van der Waals surface area contributed by atoms with E-state index in [4.69, 9.17) is 5.73 Å². The quantitative estimate of drug-likeness (QED) is 0.870. The summed E-state index contributed by atoms with van der Waals surface area (Å²) in [6, 6.07) is 10.1. The van der Waals surface area contributed by atoms with Crippen LogP contribution in [0, 0.1) is 5.41 Å². The Morgan fingerprint density at radius 3 is 2.39 bits per heavy atom. The maximum absolute atomic E-state index is 12.5. The Labute approximate surface area is 110 Å². The van der Waals surface area contributed by atoms with E-state index in [2.05, 4.69) is 0 Å². The van der Waals surface area contributed by atoms with Crippen molar-refractivity contribution in [1.82, 2.24) is 4.90 Å². The van der Waals surface area contributed by atoms with Crippen LogP contribution in [0.15, 0.2) is 30.3 Å². The summed E-state index contributed by atoms with van der Waals surface area (Å²) in [5.74, 6) is 0.115. The number of hydrogen-bond acceptors (Lipinski definition) is 2. The van der Waals surface area contributed by atoms with Crippen molar-refractivity contribution in [1.29, 1.82) is 0 Å². The van der Waals surface area contributed by atoms with E-state index in [1.807, 2.05) is 58.2 Å². The summed E-state index contributed by atoms with van der Waals surface area (Å²) in [6.45, 7) is 6.36. The molecule has 0 saturated heterocycles. The van der Waals surface area contributed by atoms with Crippen molar-refractivity contribution < 1.29 is 4.79 Å². The second kappa shape index (κ2) is 6.01. The Kier molecular flexibility index (Phi) is 4.91. The molecule has 100 valence electrons. The smallest absolute Gasteiger partial charge is 0.230 e. The van der Waals surface area contributed by atoms with Gasteiger partial charge in [-0.05, 0) is 25.8 Å². The Morgan fingerprint density at radius 2 is 1.94 bits per heavy atom. The average Bonchev–Trinajstić information content (AvgIpc) is 2.44. The minimum absolute atomic E-state index is 0.0659. The molecule has 0 aliphatic heterocycles. The second-order valence-electron chi connectivity index (χ2n) is 5.12. The summed E-state index contributed by atoms with van der Waals surface area (Å²) >= 11 is 0. The fourth-order valence-electron chi connectivity index (χ4n) is 1.94. The summed E-state index contributed by atoms with van der Waals surface area (Å²) in [7, 11) is 1.85. The molecular weight excluding hydrogens is 224 g/mol. The topological polar surface area (TPSA) is 46.3 Å². The van der Waals surface area contributed by atoms with Gasteiger partial charge in [-0.3, -0.25) is 4.79 Å². The minimum atomic E-state index is -0.461. The first kappa shape index (κ1) is 14.7. The Bertz CT molecular complexity index is 385. The molecule has 0 heterocycles. The zero-order chi connectivity index (χ0) is 13.8. The SMILES string of the molecule is CCC(C)(CN)C(=O)N(C)C(C)c1ccccc1. The summed E-state index contributed by atoms with van der Waals surface area (Å²) in [4.78, 5) is 14.3. The number of nitrogens with zero attached hydrogens (tertiary/aromatic N) is 1. The van der Waals surface area contributed by atoms with Gasteiger partial charge in [0.1, 0.15) is 0 Å².